The maximum Gasteiger partial charge on any atom is 0.321 e. The largest absolute Gasteiger partial charge is 0.323 e. The first-order valence-electron chi connectivity index (χ1n) is 6.07. The van der Waals surface area contributed by atoms with Gasteiger partial charge >= 0.3 is 6.03 Å². The summed E-state index contributed by atoms with van der Waals surface area (Å²) in [4.78, 5) is 13.5. The Morgan fingerprint density at radius 3 is 2.50 bits per heavy atom. The average Bonchev–Trinajstić information content (AvgIpc) is 2.44. The van der Waals surface area contributed by atoms with Crippen molar-refractivity contribution in [3.8, 4) is 0 Å². The second-order valence-corrected chi connectivity index (χ2v) is 4.80. The molecule has 104 valence electrons. The predicted molar refractivity (Wildman–Crippen MR) is 78.3 cm³/mol. The van der Waals surface area contributed by atoms with Crippen molar-refractivity contribution in [2.75, 3.05) is 12.4 Å². The predicted octanol–water partition coefficient (Wildman–Crippen LogP) is 4.14. The normalized spacial score (nSPS) is 10.2. The lowest BCUT2D eigenvalue weighted by Crippen LogP contribution is -2.30. The number of carbonyl (C=O) groups is 1. The van der Waals surface area contributed by atoms with E-state index in [1.807, 2.05) is 0 Å². The summed E-state index contributed by atoms with van der Waals surface area (Å²) in [6.07, 6.45) is 0. The molecule has 0 fully saturated rings. The van der Waals surface area contributed by atoms with Crippen LogP contribution in [0.5, 0.6) is 0 Å². The number of hydrogen-bond donors (Lipinski definition) is 1. The first kappa shape index (κ1) is 14.3. The standard InChI is InChI=1S/C15H14ClFN2O/c1-19(10-11-6-8-12(17)9-7-11)15(20)18-14-5-3-2-4-13(14)16/h2-9H,10H2,1H3,(H,18,20). The van der Waals surface area contributed by atoms with Gasteiger partial charge in [-0.3, -0.25) is 0 Å². The lowest BCUT2D eigenvalue weighted by molar-refractivity contribution is 0.220. The zero-order valence-electron chi connectivity index (χ0n) is 10.9. The maximum absolute atomic E-state index is 12.8. The summed E-state index contributed by atoms with van der Waals surface area (Å²) in [6.45, 7) is 0.385. The maximum atomic E-state index is 12.8. The number of halogens is 2. The van der Waals surface area contributed by atoms with Gasteiger partial charge in [-0.1, -0.05) is 35.9 Å². The zero-order valence-corrected chi connectivity index (χ0v) is 11.7. The molecule has 0 spiro atoms. The minimum atomic E-state index is -0.295. The Morgan fingerprint density at radius 2 is 1.85 bits per heavy atom. The highest BCUT2D eigenvalue weighted by atomic mass is 35.5. The lowest BCUT2D eigenvalue weighted by Gasteiger charge is -2.18. The van der Waals surface area contributed by atoms with E-state index in [2.05, 4.69) is 5.32 Å². The van der Waals surface area contributed by atoms with E-state index in [9.17, 15) is 9.18 Å². The Hall–Kier alpha value is -2.07. The van der Waals surface area contributed by atoms with Gasteiger partial charge in [-0.25, -0.2) is 9.18 Å². The van der Waals surface area contributed by atoms with Crippen LogP contribution in [0.15, 0.2) is 48.5 Å². The molecule has 0 heterocycles. The number of urea groups is 1. The molecule has 0 aliphatic carbocycles. The van der Waals surface area contributed by atoms with Gasteiger partial charge in [-0.05, 0) is 29.8 Å². The summed E-state index contributed by atoms with van der Waals surface area (Å²) >= 11 is 5.98. The number of amides is 2. The van der Waals surface area contributed by atoms with Crippen molar-refractivity contribution in [3.63, 3.8) is 0 Å². The molecule has 2 aromatic carbocycles. The van der Waals surface area contributed by atoms with Crippen LogP contribution in [0.25, 0.3) is 0 Å². The molecule has 1 N–H and O–H groups in total. The van der Waals surface area contributed by atoms with Crippen LogP contribution in [0.3, 0.4) is 0 Å². The third-order valence-corrected chi connectivity index (χ3v) is 3.12. The fraction of sp³-hybridized carbons (Fsp3) is 0.133. The summed E-state index contributed by atoms with van der Waals surface area (Å²) in [7, 11) is 1.66. The molecule has 0 saturated heterocycles. The average molecular weight is 293 g/mol. The molecule has 2 amide bonds. The first-order chi connectivity index (χ1) is 9.56. The van der Waals surface area contributed by atoms with Crippen molar-refractivity contribution in [1.82, 2.24) is 4.90 Å². The first-order valence-corrected chi connectivity index (χ1v) is 6.45. The highest BCUT2D eigenvalue weighted by Gasteiger charge is 2.10. The number of nitrogens with zero attached hydrogens (tertiary/aromatic N) is 1. The van der Waals surface area contributed by atoms with Gasteiger partial charge < -0.3 is 10.2 Å². The van der Waals surface area contributed by atoms with Crippen LogP contribution < -0.4 is 5.32 Å². The van der Waals surface area contributed by atoms with Gasteiger partial charge in [0, 0.05) is 13.6 Å². The van der Waals surface area contributed by atoms with Crippen molar-refractivity contribution in [2.24, 2.45) is 0 Å². The van der Waals surface area contributed by atoms with Crippen LogP contribution in [-0.2, 0) is 6.54 Å². The molecule has 0 saturated carbocycles. The number of para-hydroxylation sites is 1. The van der Waals surface area contributed by atoms with Crippen molar-refractivity contribution >= 4 is 23.3 Å². The highest BCUT2D eigenvalue weighted by molar-refractivity contribution is 6.33. The van der Waals surface area contributed by atoms with Gasteiger partial charge in [0.25, 0.3) is 0 Å². The quantitative estimate of drug-likeness (QED) is 0.906. The number of hydrogen-bond acceptors (Lipinski definition) is 1. The molecule has 2 rings (SSSR count). The van der Waals surface area contributed by atoms with Crippen LogP contribution in [0, 0.1) is 5.82 Å². The van der Waals surface area contributed by atoms with Crippen LogP contribution in [-0.4, -0.2) is 18.0 Å². The van der Waals surface area contributed by atoms with E-state index in [0.717, 1.165) is 5.56 Å². The Kier molecular flexibility index (Phi) is 4.58. The topological polar surface area (TPSA) is 32.3 Å². The second kappa shape index (κ2) is 6.39. The summed E-state index contributed by atoms with van der Waals surface area (Å²) in [5.74, 6) is -0.295. The second-order valence-electron chi connectivity index (χ2n) is 4.39. The summed E-state index contributed by atoms with van der Waals surface area (Å²) in [5.41, 5.74) is 1.41. The molecular formula is C15H14ClFN2O. The number of anilines is 1. The molecule has 0 aromatic heterocycles. The van der Waals surface area contributed by atoms with Gasteiger partial charge in [0.15, 0.2) is 0 Å². The molecule has 0 bridgehead atoms. The molecule has 0 radical (unpaired) electrons. The van der Waals surface area contributed by atoms with Crippen molar-refractivity contribution < 1.29 is 9.18 Å². The van der Waals surface area contributed by atoms with Crippen LogP contribution in [0.2, 0.25) is 5.02 Å². The number of carbonyl (C=O) groups excluding carboxylic acids is 1. The molecular weight excluding hydrogens is 279 g/mol. The minimum Gasteiger partial charge on any atom is -0.323 e. The SMILES string of the molecule is CN(Cc1ccc(F)cc1)C(=O)Nc1ccccc1Cl. The van der Waals surface area contributed by atoms with Crippen molar-refractivity contribution in [2.45, 2.75) is 6.54 Å². The van der Waals surface area contributed by atoms with Gasteiger partial charge in [-0.2, -0.15) is 0 Å². The summed E-state index contributed by atoms with van der Waals surface area (Å²) < 4.78 is 12.8. The van der Waals surface area contributed by atoms with E-state index in [4.69, 9.17) is 11.6 Å². The Morgan fingerprint density at radius 1 is 1.20 bits per heavy atom. The number of benzene rings is 2. The van der Waals surface area contributed by atoms with E-state index in [1.54, 1.807) is 43.4 Å². The summed E-state index contributed by atoms with van der Waals surface area (Å²) in [5, 5.41) is 3.21. The van der Waals surface area contributed by atoms with Crippen LogP contribution in [0.4, 0.5) is 14.9 Å². The van der Waals surface area contributed by atoms with Crippen LogP contribution in [0.1, 0.15) is 5.56 Å². The molecule has 0 aliphatic heterocycles. The lowest BCUT2D eigenvalue weighted by atomic mass is 10.2. The van der Waals surface area contributed by atoms with E-state index in [-0.39, 0.29) is 11.8 Å². The zero-order chi connectivity index (χ0) is 14.5. The smallest absolute Gasteiger partial charge is 0.321 e. The van der Waals surface area contributed by atoms with E-state index >= 15 is 0 Å². The third kappa shape index (κ3) is 3.71. The van der Waals surface area contributed by atoms with Crippen molar-refractivity contribution in [1.29, 1.82) is 0 Å². The number of nitrogens with one attached hydrogen (secondary N) is 1. The fourth-order valence-electron chi connectivity index (χ4n) is 1.71. The summed E-state index contributed by atoms with van der Waals surface area (Å²) in [6, 6.07) is 12.8. The molecule has 0 unspecified atom stereocenters. The molecule has 20 heavy (non-hydrogen) atoms. The third-order valence-electron chi connectivity index (χ3n) is 2.80. The molecule has 0 aliphatic rings. The van der Waals surface area contributed by atoms with Gasteiger partial charge in [0.1, 0.15) is 5.82 Å². The molecule has 3 nitrogen and oxygen atoms in total. The van der Waals surface area contributed by atoms with Gasteiger partial charge in [0.2, 0.25) is 0 Å². The monoisotopic (exact) mass is 292 g/mol. The Labute approximate surface area is 122 Å². The highest BCUT2D eigenvalue weighted by Crippen LogP contribution is 2.20. The van der Waals surface area contributed by atoms with Crippen molar-refractivity contribution in [3.05, 3.63) is 64.9 Å². The Bertz CT molecular complexity index is 601. The van der Waals surface area contributed by atoms with E-state index in [1.165, 1.54) is 17.0 Å². The molecule has 5 heteroatoms. The Balaban J connectivity index is 1.99. The fourth-order valence-corrected chi connectivity index (χ4v) is 1.89. The van der Waals surface area contributed by atoms with E-state index in [0.29, 0.717) is 17.3 Å². The van der Waals surface area contributed by atoms with Gasteiger partial charge in [-0.15, -0.1) is 0 Å². The van der Waals surface area contributed by atoms with E-state index < -0.39 is 0 Å². The molecule has 0 atom stereocenters. The van der Waals surface area contributed by atoms with Gasteiger partial charge in [0.05, 0.1) is 10.7 Å². The van der Waals surface area contributed by atoms with Crippen LogP contribution >= 0.6 is 11.6 Å². The number of rotatable bonds is 3. The minimum absolute atomic E-state index is 0.276. The molecule has 2 aromatic rings.